The van der Waals surface area contributed by atoms with Crippen LogP contribution in [0.1, 0.15) is 66.2 Å². The molecule has 26 heavy (non-hydrogen) atoms. The molecule has 2 N–H and O–H groups in total. The van der Waals surface area contributed by atoms with Crippen LogP contribution in [-0.2, 0) is 9.53 Å². The summed E-state index contributed by atoms with van der Waals surface area (Å²) in [5.74, 6) is 0.216. The smallest absolute Gasteiger partial charge is 0.162 e. The normalized spacial score (nSPS) is 32.9. The van der Waals surface area contributed by atoms with E-state index < -0.39 is 11.7 Å². The van der Waals surface area contributed by atoms with Crippen molar-refractivity contribution in [2.24, 2.45) is 11.8 Å². The standard InChI is InChI=1S/C22H34O4/c1-14(2)7-6-8-15(3)16-11-12-22(4,25)18(16)13-17-19(23)9-10-20(26-5)21(17)24/h7-8,16,18,20,24-25H,6,9-13H2,1-5H3/b15-8-. The molecule has 146 valence electrons. The summed E-state index contributed by atoms with van der Waals surface area (Å²) in [5, 5.41) is 21.4. The number of methoxy groups -OCH3 is 1. The van der Waals surface area contributed by atoms with Crippen molar-refractivity contribution >= 4 is 5.78 Å². The Balaban J connectivity index is 2.25. The van der Waals surface area contributed by atoms with Crippen LogP contribution in [0.4, 0.5) is 0 Å². The summed E-state index contributed by atoms with van der Waals surface area (Å²) < 4.78 is 5.31. The number of hydrogen-bond donors (Lipinski definition) is 2. The Morgan fingerprint density at radius 3 is 2.58 bits per heavy atom. The van der Waals surface area contributed by atoms with Gasteiger partial charge in [0.15, 0.2) is 5.78 Å². The van der Waals surface area contributed by atoms with Gasteiger partial charge < -0.3 is 14.9 Å². The second-order valence-corrected chi connectivity index (χ2v) is 8.33. The Morgan fingerprint density at radius 1 is 1.27 bits per heavy atom. The number of Topliss-reactive ketones (excluding diaryl/α,β-unsaturated/α-hetero) is 1. The summed E-state index contributed by atoms with van der Waals surface area (Å²) in [7, 11) is 1.55. The summed E-state index contributed by atoms with van der Waals surface area (Å²) in [4.78, 5) is 12.4. The number of ketones is 1. The van der Waals surface area contributed by atoms with Crippen LogP contribution >= 0.6 is 0 Å². The van der Waals surface area contributed by atoms with Crippen molar-refractivity contribution in [2.45, 2.75) is 77.9 Å². The van der Waals surface area contributed by atoms with E-state index >= 15 is 0 Å². The SMILES string of the molecule is COC1CCC(=O)C(CC2C(/C(C)=C\CC=C(C)C)CCC2(C)O)=C1O. The van der Waals surface area contributed by atoms with Crippen molar-refractivity contribution in [1.82, 2.24) is 0 Å². The maximum Gasteiger partial charge on any atom is 0.162 e. The van der Waals surface area contributed by atoms with Crippen LogP contribution in [0.5, 0.6) is 0 Å². The average molecular weight is 363 g/mol. The lowest BCUT2D eigenvalue weighted by molar-refractivity contribution is -0.118. The quantitative estimate of drug-likeness (QED) is 0.675. The highest BCUT2D eigenvalue weighted by Gasteiger charge is 2.46. The summed E-state index contributed by atoms with van der Waals surface area (Å²) in [6, 6.07) is 0. The summed E-state index contributed by atoms with van der Waals surface area (Å²) in [5.41, 5.74) is 2.18. The van der Waals surface area contributed by atoms with Crippen LogP contribution in [0.25, 0.3) is 0 Å². The molecule has 4 unspecified atom stereocenters. The number of ether oxygens (including phenoxy) is 1. The van der Waals surface area contributed by atoms with E-state index in [1.165, 1.54) is 11.1 Å². The molecule has 0 saturated heterocycles. The zero-order chi connectivity index (χ0) is 19.5. The summed E-state index contributed by atoms with van der Waals surface area (Å²) >= 11 is 0. The molecule has 4 heteroatoms. The molecule has 0 aromatic rings. The molecular formula is C22H34O4. The zero-order valence-corrected chi connectivity index (χ0v) is 16.8. The first-order valence-electron chi connectivity index (χ1n) is 9.67. The van der Waals surface area contributed by atoms with Crippen LogP contribution in [0, 0.1) is 11.8 Å². The lowest BCUT2D eigenvalue weighted by Crippen LogP contribution is -2.35. The van der Waals surface area contributed by atoms with E-state index in [2.05, 4.69) is 32.9 Å². The van der Waals surface area contributed by atoms with Crippen LogP contribution < -0.4 is 0 Å². The lowest BCUT2D eigenvalue weighted by atomic mass is 9.76. The molecule has 0 aliphatic heterocycles. The minimum absolute atomic E-state index is 0.0107. The largest absolute Gasteiger partial charge is 0.509 e. The molecule has 2 aliphatic rings. The van der Waals surface area contributed by atoms with E-state index in [0.29, 0.717) is 31.3 Å². The number of carbonyl (C=O) groups excluding carboxylic acids is 1. The van der Waals surface area contributed by atoms with Gasteiger partial charge in [0.05, 0.1) is 5.60 Å². The van der Waals surface area contributed by atoms with Crippen molar-refractivity contribution in [3.8, 4) is 0 Å². The third kappa shape index (κ3) is 4.66. The van der Waals surface area contributed by atoms with E-state index in [9.17, 15) is 15.0 Å². The second-order valence-electron chi connectivity index (χ2n) is 8.33. The molecule has 0 bridgehead atoms. The Hall–Kier alpha value is -1.39. The molecular weight excluding hydrogens is 328 g/mol. The van der Waals surface area contributed by atoms with Gasteiger partial charge >= 0.3 is 0 Å². The van der Waals surface area contributed by atoms with E-state index in [1.807, 2.05) is 6.92 Å². The van der Waals surface area contributed by atoms with Crippen LogP contribution in [0.15, 0.2) is 34.6 Å². The fourth-order valence-corrected chi connectivity index (χ4v) is 4.36. The van der Waals surface area contributed by atoms with Crippen LogP contribution in [0.2, 0.25) is 0 Å². The third-order valence-corrected chi connectivity index (χ3v) is 6.09. The maximum atomic E-state index is 12.4. The molecule has 0 aromatic heterocycles. The molecule has 2 aliphatic carbocycles. The summed E-state index contributed by atoms with van der Waals surface area (Å²) in [6.07, 6.45) is 7.85. The van der Waals surface area contributed by atoms with E-state index in [-0.39, 0.29) is 23.4 Å². The number of carbonyl (C=O) groups is 1. The van der Waals surface area contributed by atoms with Gasteiger partial charge in [-0.2, -0.15) is 0 Å². The number of rotatable bonds is 6. The van der Waals surface area contributed by atoms with Gasteiger partial charge in [-0.25, -0.2) is 0 Å². The number of hydrogen-bond acceptors (Lipinski definition) is 4. The Kier molecular flexibility index (Phi) is 6.86. The van der Waals surface area contributed by atoms with Gasteiger partial charge in [-0.1, -0.05) is 23.3 Å². The highest BCUT2D eigenvalue weighted by Crippen LogP contribution is 2.47. The lowest BCUT2D eigenvalue weighted by Gasteiger charge is -2.32. The van der Waals surface area contributed by atoms with Gasteiger partial charge in [-0.3, -0.25) is 4.79 Å². The number of allylic oxidation sites excluding steroid dienone is 5. The number of aliphatic hydroxyl groups excluding tert-OH is 1. The first-order valence-corrected chi connectivity index (χ1v) is 9.67. The van der Waals surface area contributed by atoms with Gasteiger partial charge in [0, 0.05) is 19.1 Å². The third-order valence-electron chi connectivity index (χ3n) is 6.09. The minimum Gasteiger partial charge on any atom is -0.509 e. The molecule has 4 atom stereocenters. The molecule has 0 amide bonds. The van der Waals surface area contributed by atoms with Crippen molar-refractivity contribution in [1.29, 1.82) is 0 Å². The number of aliphatic hydroxyl groups is 2. The zero-order valence-electron chi connectivity index (χ0n) is 16.8. The van der Waals surface area contributed by atoms with E-state index in [1.54, 1.807) is 7.11 Å². The van der Waals surface area contributed by atoms with Gasteiger partial charge in [0.25, 0.3) is 0 Å². The predicted octanol–water partition coefficient (Wildman–Crippen LogP) is 4.65. The maximum absolute atomic E-state index is 12.4. The van der Waals surface area contributed by atoms with Gasteiger partial charge in [-0.05, 0) is 71.6 Å². The van der Waals surface area contributed by atoms with Gasteiger partial charge in [-0.15, -0.1) is 0 Å². The van der Waals surface area contributed by atoms with Crippen molar-refractivity contribution in [3.05, 3.63) is 34.6 Å². The molecule has 1 saturated carbocycles. The van der Waals surface area contributed by atoms with Crippen LogP contribution in [-0.4, -0.2) is 34.8 Å². The molecule has 0 aromatic carbocycles. The second kappa shape index (κ2) is 8.53. The van der Waals surface area contributed by atoms with E-state index in [0.717, 1.165) is 12.8 Å². The fraction of sp³-hybridized carbons (Fsp3) is 0.682. The highest BCUT2D eigenvalue weighted by molar-refractivity contribution is 5.96. The molecule has 2 rings (SSSR count). The molecule has 0 heterocycles. The Bertz CT molecular complexity index is 620. The van der Waals surface area contributed by atoms with Crippen molar-refractivity contribution in [3.63, 3.8) is 0 Å². The Morgan fingerprint density at radius 2 is 1.96 bits per heavy atom. The molecule has 0 spiro atoms. The molecule has 0 radical (unpaired) electrons. The summed E-state index contributed by atoms with van der Waals surface area (Å²) in [6.45, 7) is 8.15. The van der Waals surface area contributed by atoms with Crippen LogP contribution in [0.3, 0.4) is 0 Å². The average Bonchev–Trinajstić information content (AvgIpc) is 2.86. The van der Waals surface area contributed by atoms with Gasteiger partial charge in [0.1, 0.15) is 11.9 Å². The fourth-order valence-electron chi connectivity index (χ4n) is 4.36. The molecule has 4 nitrogen and oxygen atoms in total. The Labute approximate surface area is 157 Å². The topological polar surface area (TPSA) is 66.8 Å². The first kappa shape index (κ1) is 20.9. The van der Waals surface area contributed by atoms with E-state index in [4.69, 9.17) is 4.74 Å². The monoisotopic (exact) mass is 362 g/mol. The predicted molar refractivity (Wildman–Crippen MR) is 104 cm³/mol. The first-order chi connectivity index (χ1) is 12.2. The highest BCUT2D eigenvalue weighted by atomic mass is 16.5. The van der Waals surface area contributed by atoms with Crippen molar-refractivity contribution in [2.75, 3.05) is 7.11 Å². The molecule has 1 fully saturated rings. The minimum atomic E-state index is -0.830. The van der Waals surface area contributed by atoms with Crippen molar-refractivity contribution < 1.29 is 19.7 Å². The van der Waals surface area contributed by atoms with Gasteiger partial charge in [0.2, 0.25) is 0 Å².